The third kappa shape index (κ3) is 3.28. The molecule has 0 fully saturated rings. The van der Waals surface area contributed by atoms with Gasteiger partial charge in [-0.25, -0.2) is 4.98 Å². The zero-order valence-electron chi connectivity index (χ0n) is 14.5. The van der Waals surface area contributed by atoms with Gasteiger partial charge < -0.3 is 14.8 Å². The molecule has 0 saturated carbocycles. The number of H-pyrrole nitrogens is 1. The van der Waals surface area contributed by atoms with Gasteiger partial charge in [-0.1, -0.05) is 0 Å². The van der Waals surface area contributed by atoms with Crippen molar-refractivity contribution in [2.45, 2.75) is 0 Å². The number of azo groups is 1. The number of rotatable bonds is 5. The number of benzene rings is 2. The molecule has 0 aliphatic heterocycles. The number of nitro groups is 1. The van der Waals surface area contributed by atoms with Gasteiger partial charge >= 0.3 is 0 Å². The number of ether oxygens (including phenoxy) is 1. The van der Waals surface area contributed by atoms with Crippen molar-refractivity contribution in [2.75, 3.05) is 7.11 Å². The van der Waals surface area contributed by atoms with Crippen LogP contribution in [0, 0.1) is 10.1 Å². The highest BCUT2D eigenvalue weighted by molar-refractivity contribution is 7.13. The summed E-state index contributed by atoms with van der Waals surface area (Å²) in [6, 6.07) is 11.7. The normalized spacial score (nSPS) is 11.3. The summed E-state index contributed by atoms with van der Waals surface area (Å²) in [6.07, 6.45) is 0. The molecule has 4 rings (SSSR count). The molecule has 2 aromatic heterocycles. The molecule has 4 aromatic rings. The summed E-state index contributed by atoms with van der Waals surface area (Å²) in [7, 11) is 1.60. The van der Waals surface area contributed by atoms with Gasteiger partial charge in [-0.05, 0) is 30.3 Å². The largest absolute Gasteiger partial charge is 0.497 e. The van der Waals surface area contributed by atoms with Gasteiger partial charge in [0.15, 0.2) is 5.69 Å². The van der Waals surface area contributed by atoms with Crippen LogP contribution in [-0.2, 0) is 0 Å². The lowest BCUT2D eigenvalue weighted by Crippen LogP contribution is -1.86. The maximum Gasteiger partial charge on any atom is 0.270 e. The Morgan fingerprint density at radius 3 is 2.71 bits per heavy atom. The predicted octanol–water partition coefficient (Wildman–Crippen LogP) is 5.33. The van der Waals surface area contributed by atoms with Crippen LogP contribution in [0.2, 0.25) is 0 Å². The minimum absolute atomic E-state index is 0.0982. The molecule has 0 radical (unpaired) electrons. The second-order valence-corrected chi connectivity index (χ2v) is 6.59. The lowest BCUT2D eigenvalue weighted by atomic mass is 10.2. The molecule has 0 unspecified atom stereocenters. The van der Waals surface area contributed by atoms with Crippen molar-refractivity contribution in [2.24, 2.45) is 10.2 Å². The highest BCUT2D eigenvalue weighted by Crippen LogP contribution is 2.38. The van der Waals surface area contributed by atoms with Crippen LogP contribution >= 0.6 is 11.3 Å². The monoisotopic (exact) mass is 395 g/mol. The third-order valence-electron chi connectivity index (χ3n) is 4.06. The molecular formula is C18H13N5O4S. The van der Waals surface area contributed by atoms with Gasteiger partial charge in [0.1, 0.15) is 5.75 Å². The number of nitro benzene ring substituents is 1. The van der Waals surface area contributed by atoms with Gasteiger partial charge in [0.05, 0.1) is 23.2 Å². The molecule has 28 heavy (non-hydrogen) atoms. The fraction of sp³-hybridized carbons (Fsp3) is 0.0556. The fourth-order valence-corrected chi connectivity index (χ4v) is 3.31. The van der Waals surface area contributed by atoms with Crippen molar-refractivity contribution in [1.82, 2.24) is 9.97 Å². The Hall–Kier alpha value is -3.79. The number of nitrogens with one attached hydrogen (secondary N) is 1. The highest BCUT2D eigenvalue weighted by atomic mass is 32.1. The zero-order valence-corrected chi connectivity index (χ0v) is 15.3. The fourth-order valence-electron chi connectivity index (χ4n) is 2.66. The molecule has 2 N–H and O–H groups in total. The van der Waals surface area contributed by atoms with E-state index in [1.54, 1.807) is 7.11 Å². The Labute approximate surface area is 162 Å². The average molecular weight is 395 g/mol. The maximum absolute atomic E-state index is 11.0. The molecule has 2 heterocycles. The van der Waals surface area contributed by atoms with Crippen LogP contribution in [-0.4, -0.2) is 27.1 Å². The minimum Gasteiger partial charge on any atom is -0.497 e. The first-order valence-corrected chi connectivity index (χ1v) is 8.94. The quantitative estimate of drug-likeness (QED) is 0.268. The van der Waals surface area contributed by atoms with Crippen molar-refractivity contribution in [1.29, 1.82) is 0 Å². The van der Waals surface area contributed by atoms with Gasteiger partial charge in [0.25, 0.3) is 5.69 Å². The molecule has 2 aromatic carbocycles. The van der Waals surface area contributed by atoms with E-state index >= 15 is 0 Å². The number of hydrogen-bond donors (Lipinski definition) is 2. The molecule has 9 nitrogen and oxygen atoms in total. The van der Waals surface area contributed by atoms with E-state index in [4.69, 9.17) is 4.74 Å². The summed E-state index contributed by atoms with van der Waals surface area (Å²) in [5, 5.41) is 31.8. The van der Waals surface area contributed by atoms with E-state index in [2.05, 4.69) is 20.2 Å². The molecule has 0 bridgehead atoms. The predicted molar refractivity (Wildman–Crippen MR) is 105 cm³/mol. The number of aromatic hydroxyl groups is 1. The summed E-state index contributed by atoms with van der Waals surface area (Å²) in [4.78, 5) is 17.6. The SMILES string of the molecule is COc1ccc(-c2csc(N=Nc3c(O)[nH]c4ccc([N+](=O)[O-])cc34)n2)cc1. The first-order chi connectivity index (χ1) is 13.5. The van der Waals surface area contributed by atoms with E-state index in [-0.39, 0.29) is 17.3 Å². The van der Waals surface area contributed by atoms with E-state index < -0.39 is 4.92 Å². The number of hydrogen-bond acceptors (Lipinski definition) is 8. The topological polar surface area (TPSA) is 126 Å². The van der Waals surface area contributed by atoms with Crippen molar-refractivity contribution >= 4 is 38.7 Å². The van der Waals surface area contributed by atoms with E-state index in [9.17, 15) is 15.2 Å². The van der Waals surface area contributed by atoms with E-state index in [0.29, 0.717) is 16.0 Å². The van der Waals surface area contributed by atoms with Crippen LogP contribution in [0.5, 0.6) is 11.6 Å². The van der Waals surface area contributed by atoms with Crippen LogP contribution in [0.1, 0.15) is 0 Å². The maximum atomic E-state index is 11.0. The summed E-state index contributed by atoms with van der Waals surface area (Å²) < 4.78 is 5.14. The van der Waals surface area contributed by atoms with Gasteiger partial charge in [0, 0.05) is 28.5 Å². The molecule has 0 saturated heterocycles. The Morgan fingerprint density at radius 1 is 1.21 bits per heavy atom. The van der Waals surface area contributed by atoms with E-state index in [1.807, 2.05) is 29.6 Å². The minimum atomic E-state index is -0.508. The molecule has 0 aliphatic carbocycles. The lowest BCUT2D eigenvalue weighted by Gasteiger charge is -2.00. The number of nitrogens with zero attached hydrogens (tertiary/aromatic N) is 4. The highest BCUT2D eigenvalue weighted by Gasteiger charge is 2.15. The van der Waals surface area contributed by atoms with E-state index in [1.165, 1.54) is 29.5 Å². The molecule has 10 heteroatoms. The zero-order chi connectivity index (χ0) is 19.7. The Kier molecular flexibility index (Phi) is 4.45. The second-order valence-electron chi connectivity index (χ2n) is 5.75. The van der Waals surface area contributed by atoms with Crippen molar-refractivity contribution < 1.29 is 14.8 Å². The number of aromatic nitrogens is 2. The van der Waals surface area contributed by atoms with Crippen LogP contribution in [0.3, 0.4) is 0 Å². The van der Waals surface area contributed by atoms with E-state index in [0.717, 1.165) is 17.0 Å². The second kappa shape index (κ2) is 7.08. The van der Waals surface area contributed by atoms with Gasteiger partial charge in [0.2, 0.25) is 11.0 Å². The first kappa shape index (κ1) is 17.6. The molecule has 0 aliphatic rings. The summed E-state index contributed by atoms with van der Waals surface area (Å²) >= 11 is 1.29. The smallest absolute Gasteiger partial charge is 0.270 e. The molecule has 0 spiro atoms. The Balaban J connectivity index is 1.64. The van der Waals surface area contributed by atoms with Gasteiger partial charge in [-0.2, -0.15) is 0 Å². The first-order valence-electron chi connectivity index (χ1n) is 8.06. The van der Waals surface area contributed by atoms with Crippen LogP contribution in [0.4, 0.5) is 16.5 Å². The molecular weight excluding hydrogens is 382 g/mol. The van der Waals surface area contributed by atoms with Crippen molar-refractivity contribution in [3.63, 3.8) is 0 Å². The number of thiazole rings is 1. The number of non-ortho nitro benzene ring substituents is 1. The average Bonchev–Trinajstić information content (AvgIpc) is 3.29. The van der Waals surface area contributed by atoms with Crippen LogP contribution in [0.15, 0.2) is 58.1 Å². The van der Waals surface area contributed by atoms with Crippen LogP contribution < -0.4 is 4.74 Å². The summed E-state index contributed by atoms with van der Waals surface area (Å²) in [6.45, 7) is 0. The number of aromatic amines is 1. The molecule has 0 atom stereocenters. The Morgan fingerprint density at radius 2 is 2.00 bits per heavy atom. The third-order valence-corrected chi connectivity index (χ3v) is 4.78. The summed E-state index contributed by atoms with van der Waals surface area (Å²) in [5.74, 6) is 0.536. The molecule has 0 amide bonds. The van der Waals surface area contributed by atoms with Crippen molar-refractivity contribution in [3.8, 4) is 22.9 Å². The van der Waals surface area contributed by atoms with Crippen molar-refractivity contribution in [3.05, 3.63) is 58.0 Å². The van der Waals surface area contributed by atoms with Gasteiger partial charge in [-0.15, -0.1) is 21.6 Å². The van der Waals surface area contributed by atoms with Crippen LogP contribution in [0.25, 0.3) is 22.2 Å². The Bertz CT molecular complexity index is 1200. The number of methoxy groups -OCH3 is 1. The summed E-state index contributed by atoms with van der Waals surface area (Å²) in [5.41, 5.74) is 2.19. The number of fused-ring (bicyclic) bond motifs is 1. The standard InChI is InChI=1S/C18H13N5O4S/c1-27-12-5-2-10(3-6-12)15-9-28-18(20-15)22-21-16-13-8-11(23(25)26)4-7-14(13)19-17(16)24/h2-9,19,24H,1H3. The van der Waals surface area contributed by atoms with Gasteiger partial charge in [-0.3, -0.25) is 10.1 Å². The lowest BCUT2D eigenvalue weighted by molar-refractivity contribution is -0.384. The molecule has 140 valence electrons.